The van der Waals surface area contributed by atoms with Crippen LogP contribution in [0.25, 0.3) is 0 Å². The van der Waals surface area contributed by atoms with Gasteiger partial charge >= 0.3 is 0 Å². The van der Waals surface area contributed by atoms with E-state index in [1.54, 1.807) is 0 Å². The zero-order chi connectivity index (χ0) is 15.1. The van der Waals surface area contributed by atoms with Crippen molar-refractivity contribution in [3.8, 4) is 0 Å². The molecule has 0 spiro atoms. The van der Waals surface area contributed by atoms with Crippen LogP contribution in [0.5, 0.6) is 0 Å². The van der Waals surface area contributed by atoms with E-state index in [0.717, 1.165) is 56.5 Å². The topological polar surface area (TPSA) is 47.3 Å². The molecule has 4 nitrogen and oxygen atoms in total. The molecule has 1 heterocycles. The van der Waals surface area contributed by atoms with Crippen LogP contribution in [0.15, 0.2) is 10.6 Å². The molecular formula is C17H30N2O2. The van der Waals surface area contributed by atoms with Crippen LogP contribution >= 0.6 is 0 Å². The summed E-state index contributed by atoms with van der Waals surface area (Å²) in [5.74, 6) is 3.36. The number of ether oxygens (including phenoxy) is 1. The van der Waals surface area contributed by atoms with Gasteiger partial charge < -0.3 is 14.5 Å². The first-order chi connectivity index (χ1) is 10.2. The van der Waals surface area contributed by atoms with E-state index in [2.05, 4.69) is 31.1 Å². The fourth-order valence-electron chi connectivity index (χ4n) is 2.81. The molecule has 1 N–H and O–H groups in total. The maximum atomic E-state index is 5.83. The Balaban J connectivity index is 1.59. The lowest BCUT2D eigenvalue weighted by Gasteiger charge is -2.34. The van der Waals surface area contributed by atoms with Gasteiger partial charge in [-0.15, -0.1) is 0 Å². The summed E-state index contributed by atoms with van der Waals surface area (Å²) in [5, 5.41) is 3.45. The van der Waals surface area contributed by atoms with E-state index in [9.17, 15) is 0 Å². The van der Waals surface area contributed by atoms with E-state index in [1.807, 2.05) is 6.20 Å². The van der Waals surface area contributed by atoms with Crippen molar-refractivity contribution >= 4 is 0 Å². The highest BCUT2D eigenvalue weighted by molar-refractivity contribution is 4.98. The van der Waals surface area contributed by atoms with E-state index in [0.29, 0.717) is 12.0 Å². The van der Waals surface area contributed by atoms with Gasteiger partial charge in [-0.25, -0.2) is 4.98 Å². The van der Waals surface area contributed by atoms with Crippen molar-refractivity contribution in [3.05, 3.63) is 17.8 Å². The third-order valence-electron chi connectivity index (χ3n) is 3.98. The fourth-order valence-corrected chi connectivity index (χ4v) is 2.81. The summed E-state index contributed by atoms with van der Waals surface area (Å²) in [5.41, 5.74) is 0. The molecule has 1 fully saturated rings. The summed E-state index contributed by atoms with van der Waals surface area (Å²) in [7, 11) is 0. The third-order valence-corrected chi connectivity index (χ3v) is 3.98. The number of rotatable bonds is 10. The van der Waals surface area contributed by atoms with Crippen LogP contribution in [0, 0.1) is 11.8 Å². The summed E-state index contributed by atoms with van der Waals surface area (Å²) in [4.78, 5) is 4.39. The SMILES string of the molecule is CCOC1CC(Cc2cnc(CCCNCC(C)C)o2)C1. The number of nitrogens with zero attached hydrogens (tertiary/aromatic N) is 1. The molecule has 1 aliphatic carbocycles. The molecule has 1 saturated carbocycles. The van der Waals surface area contributed by atoms with Crippen molar-refractivity contribution in [2.24, 2.45) is 11.8 Å². The second-order valence-corrected chi connectivity index (χ2v) is 6.54. The van der Waals surface area contributed by atoms with Crippen LogP contribution in [-0.2, 0) is 17.6 Å². The van der Waals surface area contributed by atoms with Crippen molar-refractivity contribution in [2.45, 2.75) is 59.0 Å². The highest BCUT2D eigenvalue weighted by Gasteiger charge is 2.30. The summed E-state index contributed by atoms with van der Waals surface area (Å²) >= 11 is 0. The zero-order valence-corrected chi connectivity index (χ0v) is 13.7. The second kappa shape index (κ2) is 8.54. The molecule has 4 heteroatoms. The van der Waals surface area contributed by atoms with E-state index in [-0.39, 0.29) is 0 Å². The van der Waals surface area contributed by atoms with E-state index < -0.39 is 0 Å². The van der Waals surface area contributed by atoms with Crippen molar-refractivity contribution in [2.75, 3.05) is 19.7 Å². The smallest absolute Gasteiger partial charge is 0.194 e. The first-order valence-electron chi connectivity index (χ1n) is 8.43. The summed E-state index contributed by atoms with van der Waals surface area (Å²) in [6.45, 7) is 9.46. The Bertz CT molecular complexity index is 397. The number of hydrogen-bond donors (Lipinski definition) is 1. The highest BCUT2D eigenvalue weighted by atomic mass is 16.5. The maximum Gasteiger partial charge on any atom is 0.194 e. The van der Waals surface area contributed by atoms with E-state index >= 15 is 0 Å². The van der Waals surface area contributed by atoms with E-state index in [1.165, 1.54) is 12.8 Å². The average Bonchev–Trinajstić information content (AvgIpc) is 2.83. The Labute approximate surface area is 128 Å². The zero-order valence-electron chi connectivity index (χ0n) is 13.7. The Morgan fingerprint density at radius 1 is 1.43 bits per heavy atom. The van der Waals surface area contributed by atoms with Crippen LogP contribution in [0.1, 0.15) is 51.7 Å². The number of nitrogens with one attached hydrogen (secondary N) is 1. The lowest BCUT2D eigenvalue weighted by atomic mass is 9.79. The first-order valence-corrected chi connectivity index (χ1v) is 8.43. The molecule has 0 aliphatic heterocycles. The molecule has 0 atom stereocenters. The van der Waals surface area contributed by atoms with Gasteiger partial charge in [0, 0.05) is 19.4 Å². The summed E-state index contributed by atoms with van der Waals surface area (Å²) < 4.78 is 11.4. The molecule has 0 aromatic carbocycles. The van der Waals surface area contributed by atoms with Crippen molar-refractivity contribution in [1.29, 1.82) is 0 Å². The minimum absolute atomic E-state index is 0.481. The van der Waals surface area contributed by atoms with Gasteiger partial charge in [0.05, 0.1) is 12.3 Å². The lowest BCUT2D eigenvalue weighted by molar-refractivity contribution is -0.0252. The number of aromatic nitrogens is 1. The van der Waals surface area contributed by atoms with Crippen molar-refractivity contribution in [3.63, 3.8) is 0 Å². The predicted octanol–water partition coefficient (Wildman–Crippen LogP) is 3.21. The Hall–Kier alpha value is -0.870. The minimum Gasteiger partial charge on any atom is -0.446 e. The van der Waals surface area contributed by atoms with Crippen LogP contribution < -0.4 is 5.32 Å². The Kier molecular flexibility index (Phi) is 6.71. The van der Waals surface area contributed by atoms with Crippen LogP contribution in [-0.4, -0.2) is 30.8 Å². The number of aryl methyl sites for hydroxylation is 1. The fraction of sp³-hybridized carbons (Fsp3) is 0.824. The van der Waals surface area contributed by atoms with Crippen LogP contribution in [0.3, 0.4) is 0 Å². The lowest BCUT2D eigenvalue weighted by Crippen LogP contribution is -2.32. The molecule has 0 amide bonds. The Morgan fingerprint density at radius 3 is 2.95 bits per heavy atom. The third kappa shape index (κ3) is 5.79. The molecule has 120 valence electrons. The first kappa shape index (κ1) is 16.5. The monoisotopic (exact) mass is 294 g/mol. The molecule has 1 aliphatic rings. The molecule has 21 heavy (non-hydrogen) atoms. The molecule has 1 aromatic rings. The largest absolute Gasteiger partial charge is 0.446 e. The summed E-state index contributed by atoms with van der Waals surface area (Å²) in [6.07, 6.45) is 7.76. The van der Waals surface area contributed by atoms with Gasteiger partial charge in [0.15, 0.2) is 5.89 Å². The van der Waals surface area contributed by atoms with Gasteiger partial charge in [-0.2, -0.15) is 0 Å². The summed E-state index contributed by atoms with van der Waals surface area (Å²) in [6, 6.07) is 0. The number of oxazole rings is 1. The highest BCUT2D eigenvalue weighted by Crippen LogP contribution is 2.32. The van der Waals surface area contributed by atoms with Crippen molar-refractivity contribution < 1.29 is 9.15 Å². The number of hydrogen-bond acceptors (Lipinski definition) is 4. The van der Waals surface area contributed by atoms with E-state index in [4.69, 9.17) is 9.15 Å². The molecular weight excluding hydrogens is 264 g/mol. The van der Waals surface area contributed by atoms with Gasteiger partial charge in [-0.3, -0.25) is 0 Å². The van der Waals surface area contributed by atoms with Crippen LogP contribution in [0.4, 0.5) is 0 Å². The average molecular weight is 294 g/mol. The second-order valence-electron chi connectivity index (χ2n) is 6.54. The quantitative estimate of drug-likeness (QED) is 0.673. The normalized spacial score (nSPS) is 21.7. The maximum absolute atomic E-state index is 5.83. The van der Waals surface area contributed by atoms with Gasteiger partial charge in [0.25, 0.3) is 0 Å². The van der Waals surface area contributed by atoms with Gasteiger partial charge in [-0.1, -0.05) is 13.8 Å². The molecule has 0 bridgehead atoms. The van der Waals surface area contributed by atoms with Crippen molar-refractivity contribution in [1.82, 2.24) is 10.3 Å². The predicted molar refractivity (Wildman–Crippen MR) is 84.4 cm³/mol. The van der Waals surface area contributed by atoms with Crippen LogP contribution in [0.2, 0.25) is 0 Å². The molecule has 0 saturated heterocycles. The molecule has 2 rings (SSSR count). The van der Waals surface area contributed by atoms with Gasteiger partial charge in [0.2, 0.25) is 0 Å². The molecule has 1 aromatic heterocycles. The standard InChI is InChI=1S/C17H30N2O2/c1-4-20-15-8-14(9-15)10-16-12-19-17(21-16)6-5-7-18-11-13(2)3/h12-15,18H,4-11H2,1-3H3. The molecule has 0 unspecified atom stereocenters. The van der Waals surface area contributed by atoms with Gasteiger partial charge in [-0.05, 0) is 51.1 Å². The molecule has 0 radical (unpaired) electrons. The minimum atomic E-state index is 0.481. The van der Waals surface area contributed by atoms with Gasteiger partial charge in [0.1, 0.15) is 5.76 Å². The Morgan fingerprint density at radius 2 is 2.24 bits per heavy atom.